The van der Waals surface area contributed by atoms with Crippen molar-refractivity contribution in [2.24, 2.45) is 0 Å². The number of benzene rings is 3. The third kappa shape index (κ3) is 4.41. The minimum atomic E-state index is 0.661. The van der Waals surface area contributed by atoms with E-state index in [1.807, 2.05) is 36.4 Å². The zero-order chi connectivity index (χ0) is 23.5. The van der Waals surface area contributed by atoms with Crippen LogP contribution in [0.15, 0.2) is 65.8 Å². The zero-order valence-electron chi connectivity index (χ0n) is 19.4. The number of hydrogen-bond donors (Lipinski definition) is 1. The van der Waals surface area contributed by atoms with Gasteiger partial charge >= 0.3 is 0 Å². The highest BCUT2D eigenvalue weighted by Crippen LogP contribution is 2.36. The lowest BCUT2D eigenvalue weighted by molar-refractivity contribution is 0.356. The van der Waals surface area contributed by atoms with E-state index in [4.69, 9.17) is 14.2 Å². The van der Waals surface area contributed by atoms with Crippen molar-refractivity contribution in [3.8, 4) is 17.2 Å². The van der Waals surface area contributed by atoms with Crippen molar-refractivity contribution in [3.05, 3.63) is 72.1 Å². The second-order valence-electron chi connectivity index (χ2n) is 7.96. The highest BCUT2D eigenvalue weighted by atomic mass is 32.2. The number of nitrogens with one attached hydrogen (secondary N) is 1. The van der Waals surface area contributed by atoms with E-state index in [9.17, 15) is 0 Å². The molecular weight excluding hydrogens is 448 g/mol. The monoisotopic (exact) mass is 474 g/mol. The van der Waals surface area contributed by atoms with Crippen LogP contribution in [0.5, 0.6) is 17.2 Å². The summed E-state index contributed by atoms with van der Waals surface area (Å²) < 4.78 is 19.7. The number of aromatic nitrogens is 2. The van der Waals surface area contributed by atoms with Crippen LogP contribution in [0.2, 0.25) is 0 Å². The van der Waals surface area contributed by atoms with Gasteiger partial charge in [-0.2, -0.15) is 0 Å². The number of rotatable bonds is 7. The van der Waals surface area contributed by atoms with Gasteiger partial charge in [-0.15, -0.1) is 0 Å². The van der Waals surface area contributed by atoms with Crippen LogP contribution in [-0.4, -0.2) is 37.8 Å². The molecule has 8 heteroatoms. The van der Waals surface area contributed by atoms with Gasteiger partial charge in [-0.05, 0) is 72.0 Å². The number of hydrogen-bond acceptors (Lipinski definition) is 8. The van der Waals surface area contributed by atoms with Gasteiger partial charge in [-0.25, -0.2) is 9.97 Å². The number of anilines is 2. The molecule has 0 spiro atoms. The van der Waals surface area contributed by atoms with Crippen LogP contribution in [0.4, 0.5) is 11.5 Å². The van der Waals surface area contributed by atoms with Gasteiger partial charge in [0, 0.05) is 35.1 Å². The first-order valence-electron chi connectivity index (χ1n) is 11.0. The fourth-order valence-electron chi connectivity index (χ4n) is 4.18. The summed E-state index contributed by atoms with van der Waals surface area (Å²) in [4.78, 5) is 12.5. The van der Waals surface area contributed by atoms with Gasteiger partial charge in [0.15, 0.2) is 11.5 Å². The summed E-state index contributed by atoms with van der Waals surface area (Å²) >= 11 is 1.58. The molecule has 0 atom stereocenters. The van der Waals surface area contributed by atoms with Gasteiger partial charge in [0.05, 0.1) is 26.8 Å². The summed E-state index contributed by atoms with van der Waals surface area (Å²) in [6.07, 6.45) is 2.57. The zero-order valence-corrected chi connectivity index (χ0v) is 20.2. The fraction of sp³-hybridized carbons (Fsp3) is 0.231. The van der Waals surface area contributed by atoms with Gasteiger partial charge in [0.2, 0.25) is 0 Å². The molecular formula is C26H26N4O3S. The lowest BCUT2D eigenvalue weighted by atomic mass is 9.99. The molecule has 34 heavy (non-hydrogen) atoms. The Morgan fingerprint density at radius 1 is 0.853 bits per heavy atom. The van der Waals surface area contributed by atoms with Crippen LogP contribution in [0, 0.1) is 0 Å². The van der Waals surface area contributed by atoms with E-state index in [0.717, 1.165) is 52.6 Å². The van der Waals surface area contributed by atoms with E-state index < -0.39 is 0 Å². The Morgan fingerprint density at radius 2 is 1.65 bits per heavy atom. The summed E-state index contributed by atoms with van der Waals surface area (Å²) in [7, 11) is 4.95. The highest BCUT2D eigenvalue weighted by Gasteiger charge is 2.21. The second kappa shape index (κ2) is 9.69. The van der Waals surface area contributed by atoms with Crippen molar-refractivity contribution in [1.82, 2.24) is 9.97 Å². The van der Waals surface area contributed by atoms with Crippen molar-refractivity contribution < 1.29 is 14.2 Å². The summed E-state index contributed by atoms with van der Waals surface area (Å²) in [6, 6.07) is 18.5. The van der Waals surface area contributed by atoms with Crippen molar-refractivity contribution in [1.29, 1.82) is 0 Å². The van der Waals surface area contributed by atoms with Crippen LogP contribution >= 0.6 is 11.9 Å². The van der Waals surface area contributed by atoms with Crippen LogP contribution < -0.4 is 23.8 Å². The summed E-state index contributed by atoms with van der Waals surface area (Å²) in [6.45, 7) is 1.67. The van der Waals surface area contributed by atoms with Crippen LogP contribution in [-0.2, 0) is 13.0 Å². The van der Waals surface area contributed by atoms with Crippen LogP contribution in [0.3, 0.4) is 0 Å². The first kappa shape index (κ1) is 22.2. The molecule has 0 bridgehead atoms. The molecule has 0 saturated carbocycles. The van der Waals surface area contributed by atoms with E-state index in [1.165, 1.54) is 11.1 Å². The molecule has 0 radical (unpaired) electrons. The van der Waals surface area contributed by atoms with Crippen LogP contribution in [0.25, 0.3) is 10.9 Å². The molecule has 0 amide bonds. The van der Waals surface area contributed by atoms with Gasteiger partial charge in [0.25, 0.3) is 0 Å². The molecule has 7 nitrogen and oxygen atoms in total. The Morgan fingerprint density at radius 3 is 2.41 bits per heavy atom. The molecule has 2 heterocycles. The van der Waals surface area contributed by atoms with Crippen molar-refractivity contribution in [3.63, 3.8) is 0 Å². The maximum absolute atomic E-state index is 5.52. The predicted molar refractivity (Wildman–Crippen MR) is 136 cm³/mol. The number of methoxy groups -OCH3 is 3. The van der Waals surface area contributed by atoms with E-state index in [1.54, 1.807) is 39.6 Å². The standard InChI is InChI=1S/C26H26N4O3S/c1-31-20-6-8-21(9-7-20)34-29-19-5-4-17-10-11-30(15-18(17)12-19)26-22-13-24(32-2)25(33-3)14-23(22)27-16-28-26/h4-9,12-14,16,29H,10-11,15H2,1-3H3. The Bertz CT molecular complexity index is 1310. The molecule has 3 aromatic carbocycles. The SMILES string of the molecule is COc1ccc(SNc2ccc3c(c2)CN(c2ncnc4cc(OC)c(OC)cc24)CC3)cc1. The van der Waals surface area contributed by atoms with E-state index in [0.29, 0.717) is 11.5 Å². The smallest absolute Gasteiger partial charge is 0.162 e. The van der Waals surface area contributed by atoms with E-state index >= 15 is 0 Å². The third-order valence-corrected chi connectivity index (χ3v) is 6.83. The van der Waals surface area contributed by atoms with Gasteiger partial charge in [-0.1, -0.05) is 6.07 Å². The van der Waals surface area contributed by atoms with Crippen molar-refractivity contribution in [2.75, 3.05) is 37.5 Å². The summed E-state index contributed by atoms with van der Waals surface area (Å²) in [5.41, 5.74) is 4.56. The van der Waals surface area contributed by atoms with Crippen LogP contribution in [0.1, 0.15) is 11.1 Å². The summed E-state index contributed by atoms with van der Waals surface area (Å²) in [5.74, 6) is 3.09. The quantitative estimate of drug-likeness (QED) is 0.360. The second-order valence-corrected chi connectivity index (χ2v) is 8.84. The minimum Gasteiger partial charge on any atom is -0.497 e. The maximum atomic E-state index is 5.52. The summed E-state index contributed by atoms with van der Waals surface area (Å²) in [5, 5.41) is 0.952. The molecule has 174 valence electrons. The lowest BCUT2D eigenvalue weighted by Gasteiger charge is -2.31. The normalized spacial score (nSPS) is 12.9. The number of ether oxygens (including phenoxy) is 3. The first-order valence-corrected chi connectivity index (χ1v) is 11.8. The Balaban J connectivity index is 1.37. The molecule has 0 unspecified atom stereocenters. The number of fused-ring (bicyclic) bond motifs is 2. The largest absolute Gasteiger partial charge is 0.497 e. The molecule has 1 N–H and O–H groups in total. The molecule has 0 saturated heterocycles. The minimum absolute atomic E-state index is 0.661. The third-order valence-electron chi connectivity index (χ3n) is 5.98. The van der Waals surface area contributed by atoms with Gasteiger partial charge in [0.1, 0.15) is 17.9 Å². The van der Waals surface area contributed by atoms with Crippen molar-refractivity contribution in [2.45, 2.75) is 17.9 Å². The maximum Gasteiger partial charge on any atom is 0.162 e. The lowest BCUT2D eigenvalue weighted by Crippen LogP contribution is -2.31. The molecule has 5 rings (SSSR count). The topological polar surface area (TPSA) is 68.7 Å². The Kier molecular flexibility index (Phi) is 6.31. The molecule has 0 fully saturated rings. The van der Waals surface area contributed by atoms with Gasteiger partial charge in [-0.3, -0.25) is 0 Å². The van der Waals surface area contributed by atoms with E-state index in [-0.39, 0.29) is 0 Å². The molecule has 1 aliphatic rings. The van der Waals surface area contributed by atoms with Crippen molar-refractivity contribution >= 4 is 34.4 Å². The van der Waals surface area contributed by atoms with Gasteiger partial charge < -0.3 is 23.8 Å². The highest BCUT2D eigenvalue weighted by molar-refractivity contribution is 8.00. The Hall–Kier alpha value is -3.65. The molecule has 0 aliphatic carbocycles. The molecule has 4 aromatic rings. The average Bonchev–Trinajstić information content (AvgIpc) is 2.90. The fourth-order valence-corrected chi connectivity index (χ4v) is 4.82. The first-order chi connectivity index (χ1) is 16.7. The average molecular weight is 475 g/mol. The molecule has 1 aliphatic heterocycles. The Labute approximate surface area is 203 Å². The number of nitrogens with zero attached hydrogens (tertiary/aromatic N) is 3. The molecule has 1 aromatic heterocycles. The predicted octanol–water partition coefficient (Wildman–Crippen LogP) is 5.34. The van der Waals surface area contributed by atoms with E-state index in [2.05, 4.69) is 37.8 Å².